The molecule has 0 bridgehead atoms. The van der Waals surface area contributed by atoms with Crippen LogP contribution in [0.1, 0.15) is 30.5 Å². The minimum absolute atomic E-state index is 0.0708. The summed E-state index contributed by atoms with van der Waals surface area (Å²) in [6.45, 7) is 2.42. The molecule has 0 amide bonds. The lowest BCUT2D eigenvalue weighted by molar-refractivity contribution is -0.136. The molecule has 3 atom stereocenters. The Morgan fingerprint density at radius 1 is 1.13 bits per heavy atom. The third kappa shape index (κ3) is 3.95. The Bertz CT molecular complexity index is 1050. The molecule has 1 saturated heterocycles. The largest absolute Gasteiger partial charge is 0.784 e. The number of aliphatic carboxylic acids is 1. The lowest BCUT2D eigenvalue weighted by atomic mass is 9.99. The van der Waals surface area contributed by atoms with Crippen molar-refractivity contribution in [2.24, 2.45) is 0 Å². The van der Waals surface area contributed by atoms with Gasteiger partial charge in [0.25, 0.3) is 0 Å². The van der Waals surface area contributed by atoms with Crippen molar-refractivity contribution in [1.29, 1.82) is 0 Å². The van der Waals surface area contributed by atoms with Crippen molar-refractivity contribution in [3.8, 4) is 0 Å². The van der Waals surface area contributed by atoms with E-state index in [0.717, 1.165) is 21.4 Å². The molecule has 1 aliphatic heterocycles. The average Bonchev–Trinajstić information content (AvgIpc) is 3.15. The molecule has 1 fully saturated rings. The molecule has 0 spiro atoms. The fraction of sp³-hybridized carbons (Fsp3) is 0.292. The smallest absolute Gasteiger partial charge is 0.307 e. The van der Waals surface area contributed by atoms with Crippen LogP contribution >= 0.6 is 0 Å². The van der Waals surface area contributed by atoms with E-state index in [-0.39, 0.29) is 25.0 Å². The second-order valence-corrected chi connectivity index (χ2v) is 8.08. The van der Waals surface area contributed by atoms with Crippen molar-refractivity contribution >= 4 is 22.4 Å². The summed E-state index contributed by atoms with van der Waals surface area (Å²) in [4.78, 5) is 10.8. The van der Waals surface area contributed by atoms with E-state index in [1.807, 2.05) is 49.4 Å². The van der Waals surface area contributed by atoms with Crippen LogP contribution in [0.2, 0.25) is 0 Å². The molecular weight excluding hydrogens is 380 g/mol. The summed E-state index contributed by atoms with van der Waals surface area (Å²) in [6.07, 6.45) is 0.456. The monoisotopic (exact) mass is 405 g/mol. The maximum Gasteiger partial charge on any atom is 0.307 e. The van der Waals surface area contributed by atoms with Gasteiger partial charge < -0.3 is 25.2 Å². The predicted octanol–water partition coefficient (Wildman–Crippen LogP) is 4.61. The van der Waals surface area contributed by atoms with Crippen molar-refractivity contribution in [3.63, 3.8) is 0 Å². The van der Waals surface area contributed by atoms with Gasteiger partial charge in [-0.1, -0.05) is 54.6 Å². The Morgan fingerprint density at radius 3 is 2.57 bits per heavy atom. The van der Waals surface area contributed by atoms with Gasteiger partial charge in [-0.2, -0.15) is 0 Å². The third-order valence-electron chi connectivity index (χ3n) is 6.11. The van der Waals surface area contributed by atoms with Crippen LogP contribution in [0.4, 0.5) is 5.69 Å². The van der Waals surface area contributed by atoms with Crippen LogP contribution in [0.15, 0.2) is 66.7 Å². The topological polar surface area (TPSA) is 86.7 Å². The molecule has 1 aliphatic rings. The van der Waals surface area contributed by atoms with E-state index in [1.165, 1.54) is 0 Å². The van der Waals surface area contributed by atoms with Crippen molar-refractivity contribution in [2.45, 2.75) is 31.8 Å². The predicted molar refractivity (Wildman–Crippen MR) is 119 cm³/mol. The second kappa shape index (κ2) is 8.16. The highest BCUT2D eigenvalue weighted by Crippen LogP contribution is 2.35. The normalized spacial score (nSPS) is 22.5. The molecule has 6 nitrogen and oxygen atoms in total. The minimum Gasteiger partial charge on any atom is -0.784 e. The Morgan fingerprint density at radius 2 is 1.83 bits per heavy atom. The van der Waals surface area contributed by atoms with E-state index in [2.05, 4.69) is 0 Å². The molecule has 0 aliphatic carbocycles. The number of quaternary nitrogens is 1. The van der Waals surface area contributed by atoms with Crippen molar-refractivity contribution in [2.75, 3.05) is 13.1 Å². The molecule has 4 rings (SSSR count). The molecule has 1 N–H and O–H groups in total. The molecule has 1 unspecified atom stereocenters. The number of hydrogen-bond acceptors (Lipinski definition) is 4. The molecule has 30 heavy (non-hydrogen) atoms. The van der Waals surface area contributed by atoms with E-state index < -0.39 is 10.6 Å². The van der Waals surface area contributed by atoms with Gasteiger partial charge in [-0.25, -0.2) is 0 Å². The summed E-state index contributed by atoms with van der Waals surface area (Å²) in [7, 11) is 0. The van der Waals surface area contributed by atoms with E-state index in [1.54, 1.807) is 24.3 Å². The van der Waals surface area contributed by atoms with Gasteiger partial charge >= 0.3 is 5.97 Å². The van der Waals surface area contributed by atoms with Gasteiger partial charge in [0.05, 0.1) is 25.6 Å². The molecule has 6 heteroatoms. The Kier molecular flexibility index (Phi) is 5.58. The van der Waals surface area contributed by atoms with Crippen LogP contribution in [0.5, 0.6) is 0 Å². The quantitative estimate of drug-likeness (QED) is 0.368. The molecule has 156 valence electrons. The van der Waals surface area contributed by atoms with Crippen LogP contribution < -0.4 is 4.65 Å². The number of carboxylic acid groups (broad SMARTS) is 1. The van der Waals surface area contributed by atoms with Crippen molar-refractivity contribution in [1.82, 2.24) is 9.71 Å². The number of hydroxylamine groups is 4. The standard InChI is InChI=1S/C24H25N2O4/c1-17(22-8-4-6-19-5-2-3-7-23(19)22)25(29)20-13-14-26(30,16-20)21-11-9-18(10-12-21)15-24(27)28/h2-12,17,20H,13-16H2,1H3,(H,27,28)/q-1/t17-,20+,26?/m1/s1. The number of hydrogen-bond donors (Lipinski definition) is 1. The fourth-order valence-electron chi connectivity index (χ4n) is 4.45. The Hall–Kier alpha value is -2.77. The number of benzene rings is 3. The number of carboxylic acids is 1. The van der Waals surface area contributed by atoms with Crippen molar-refractivity contribution in [3.05, 3.63) is 88.3 Å². The molecule has 3 aromatic rings. The molecular formula is C24H25N2O4-. The lowest BCUT2D eigenvalue weighted by Gasteiger charge is -2.43. The van der Waals surface area contributed by atoms with Gasteiger partial charge in [-0.3, -0.25) is 4.79 Å². The highest BCUT2D eigenvalue weighted by atomic mass is 16.6. The highest BCUT2D eigenvalue weighted by Gasteiger charge is 2.35. The second-order valence-electron chi connectivity index (χ2n) is 8.08. The van der Waals surface area contributed by atoms with Gasteiger partial charge in [0, 0.05) is 12.5 Å². The fourth-order valence-corrected chi connectivity index (χ4v) is 4.45. The first-order valence-electron chi connectivity index (χ1n) is 10.2. The van der Waals surface area contributed by atoms with Crippen LogP contribution in [0.25, 0.3) is 10.8 Å². The summed E-state index contributed by atoms with van der Waals surface area (Å²) in [5.41, 5.74) is 2.19. The zero-order valence-electron chi connectivity index (χ0n) is 16.9. The molecule has 1 heterocycles. The summed E-state index contributed by atoms with van der Waals surface area (Å²) >= 11 is 0. The van der Waals surface area contributed by atoms with E-state index >= 15 is 0 Å². The maximum absolute atomic E-state index is 13.4. The number of rotatable bonds is 6. The van der Waals surface area contributed by atoms with E-state index in [4.69, 9.17) is 5.11 Å². The molecule has 3 aromatic carbocycles. The van der Waals surface area contributed by atoms with Gasteiger partial charge in [-0.15, -0.1) is 0 Å². The van der Waals surface area contributed by atoms with E-state index in [0.29, 0.717) is 24.2 Å². The van der Waals surface area contributed by atoms with Gasteiger partial charge in [-0.05, 0) is 41.0 Å². The average molecular weight is 405 g/mol. The summed E-state index contributed by atoms with van der Waals surface area (Å²) in [6, 6.07) is 20.0. The first kappa shape index (κ1) is 20.5. The van der Waals surface area contributed by atoms with Crippen molar-refractivity contribution < 1.29 is 9.90 Å². The maximum atomic E-state index is 13.4. The lowest BCUT2D eigenvalue weighted by Crippen LogP contribution is -2.44. The number of fused-ring (bicyclic) bond motifs is 1. The minimum atomic E-state index is -0.903. The zero-order valence-corrected chi connectivity index (χ0v) is 16.9. The summed E-state index contributed by atoms with van der Waals surface area (Å²) in [5, 5.41) is 38.7. The van der Waals surface area contributed by atoms with Crippen LogP contribution in [-0.4, -0.2) is 35.3 Å². The number of carbonyl (C=O) groups is 1. The highest BCUT2D eigenvalue weighted by molar-refractivity contribution is 5.86. The van der Waals surface area contributed by atoms with E-state index in [9.17, 15) is 15.2 Å². The number of nitrogens with zero attached hydrogens (tertiary/aromatic N) is 2. The first-order valence-corrected chi connectivity index (χ1v) is 10.2. The zero-order chi connectivity index (χ0) is 21.3. The SMILES string of the molecule is C[C@H](c1cccc2ccccc12)N([O-])[C@H]1CC[N+]([O-])(c2ccc(CC(=O)O)cc2)C1. The Balaban J connectivity index is 1.51. The molecule has 0 aromatic heterocycles. The van der Waals surface area contributed by atoms with Gasteiger partial charge in [0.2, 0.25) is 0 Å². The summed E-state index contributed by atoms with van der Waals surface area (Å²) < 4.78 is -0.557. The van der Waals surface area contributed by atoms with Crippen LogP contribution in [0.3, 0.4) is 0 Å². The van der Waals surface area contributed by atoms with Crippen LogP contribution in [0, 0.1) is 10.4 Å². The molecule has 0 saturated carbocycles. The first-order chi connectivity index (χ1) is 14.4. The van der Waals surface area contributed by atoms with Gasteiger partial charge in [0.15, 0.2) is 0 Å². The van der Waals surface area contributed by atoms with Crippen LogP contribution in [-0.2, 0) is 11.2 Å². The Labute approximate surface area is 175 Å². The molecule has 0 radical (unpaired) electrons. The van der Waals surface area contributed by atoms with Gasteiger partial charge in [0.1, 0.15) is 5.69 Å². The third-order valence-corrected chi connectivity index (χ3v) is 6.11. The summed E-state index contributed by atoms with van der Waals surface area (Å²) in [5.74, 6) is -0.903.